The van der Waals surface area contributed by atoms with Crippen LogP contribution < -0.4 is 5.11 Å². The van der Waals surface area contributed by atoms with E-state index in [4.69, 9.17) is 0 Å². The molecule has 0 saturated heterocycles. The fourth-order valence-corrected chi connectivity index (χ4v) is 1.51. The Hall–Kier alpha value is -1.31. The van der Waals surface area contributed by atoms with Gasteiger partial charge in [0.25, 0.3) is 0 Å². The van der Waals surface area contributed by atoms with Crippen molar-refractivity contribution in [1.29, 1.82) is 0 Å². The van der Waals surface area contributed by atoms with Gasteiger partial charge in [-0.1, -0.05) is 28.9 Å². The van der Waals surface area contributed by atoms with Crippen LogP contribution >= 0.6 is 0 Å². The summed E-state index contributed by atoms with van der Waals surface area (Å²) in [5.74, 6) is -1.10. The van der Waals surface area contributed by atoms with E-state index in [1.54, 1.807) is 0 Å². The molecule has 96 valence electrons. The third-order valence-electron chi connectivity index (χ3n) is 2.49. The highest BCUT2D eigenvalue weighted by Crippen LogP contribution is 2.11. The monoisotopic (exact) mass is 235 g/mol. The molecule has 0 heterocycles. The number of aliphatic carboxylic acids is 1. The predicted octanol–water partition coefficient (Wildman–Crippen LogP) is 3.16. The second kappa shape index (κ2) is 8.80. The van der Waals surface area contributed by atoms with E-state index in [9.17, 15) is 9.90 Å². The standard InChI is InChI=1S/C15H24O2/c1-12(2)7-5-8-13(3)9-6-10-14(4)11-15(16)17/h7,9,11H,5-6,8,10H2,1-4H3,(H,16,17)/p-1/b13-9+,14-11-. The molecule has 0 aliphatic carbocycles. The maximum Gasteiger partial charge on any atom is 0.0642 e. The average molecular weight is 235 g/mol. The van der Waals surface area contributed by atoms with Crippen LogP contribution in [0.1, 0.15) is 53.4 Å². The molecule has 0 N–H and O–H groups in total. The molecule has 0 rings (SSSR count). The van der Waals surface area contributed by atoms with Crippen molar-refractivity contribution in [2.45, 2.75) is 53.4 Å². The van der Waals surface area contributed by atoms with Gasteiger partial charge in [0, 0.05) is 0 Å². The van der Waals surface area contributed by atoms with Crippen LogP contribution in [0.15, 0.2) is 34.9 Å². The normalized spacial score (nSPS) is 12.5. The fraction of sp³-hybridized carbons (Fsp3) is 0.533. The van der Waals surface area contributed by atoms with E-state index in [0.29, 0.717) is 0 Å². The molecule has 0 aromatic rings. The molecule has 0 radical (unpaired) electrons. The Morgan fingerprint density at radius 2 is 1.47 bits per heavy atom. The van der Waals surface area contributed by atoms with E-state index in [0.717, 1.165) is 31.3 Å². The van der Waals surface area contributed by atoms with Crippen molar-refractivity contribution in [3.05, 3.63) is 34.9 Å². The third kappa shape index (κ3) is 11.0. The van der Waals surface area contributed by atoms with E-state index in [-0.39, 0.29) is 0 Å². The predicted molar refractivity (Wildman–Crippen MR) is 70.4 cm³/mol. The summed E-state index contributed by atoms with van der Waals surface area (Å²) in [7, 11) is 0. The molecular weight excluding hydrogens is 212 g/mol. The molecule has 0 atom stereocenters. The van der Waals surface area contributed by atoms with E-state index >= 15 is 0 Å². The summed E-state index contributed by atoms with van der Waals surface area (Å²) in [4.78, 5) is 10.3. The van der Waals surface area contributed by atoms with Crippen LogP contribution in [0.4, 0.5) is 0 Å². The van der Waals surface area contributed by atoms with Crippen LogP contribution in [0.25, 0.3) is 0 Å². The topological polar surface area (TPSA) is 40.1 Å². The summed E-state index contributed by atoms with van der Waals surface area (Å²) < 4.78 is 0. The summed E-state index contributed by atoms with van der Waals surface area (Å²) in [6.45, 7) is 8.15. The Bertz CT molecular complexity index is 329. The number of hydrogen-bond donors (Lipinski definition) is 0. The maximum absolute atomic E-state index is 10.3. The molecule has 0 fully saturated rings. The molecule has 0 unspecified atom stereocenters. The van der Waals surface area contributed by atoms with Crippen molar-refractivity contribution in [2.75, 3.05) is 0 Å². The largest absolute Gasteiger partial charge is 0.545 e. The Kier molecular flexibility index (Phi) is 8.12. The zero-order chi connectivity index (χ0) is 13.3. The first-order valence-corrected chi connectivity index (χ1v) is 6.09. The average Bonchev–Trinajstić information content (AvgIpc) is 2.15. The number of rotatable bonds is 7. The number of carboxylic acids is 1. The molecule has 0 amide bonds. The fourth-order valence-electron chi connectivity index (χ4n) is 1.51. The molecule has 0 aliphatic rings. The van der Waals surface area contributed by atoms with Gasteiger partial charge in [-0.05, 0) is 59.5 Å². The number of carbonyl (C=O) groups is 1. The lowest BCUT2D eigenvalue weighted by molar-refractivity contribution is -0.297. The number of allylic oxidation sites excluding steroid dienone is 5. The van der Waals surface area contributed by atoms with Gasteiger partial charge in [0.2, 0.25) is 0 Å². The van der Waals surface area contributed by atoms with E-state index in [1.807, 2.05) is 6.92 Å². The molecule has 0 aliphatic heterocycles. The lowest BCUT2D eigenvalue weighted by atomic mass is 10.1. The van der Waals surface area contributed by atoms with Gasteiger partial charge in [0.15, 0.2) is 0 Å². The first-order chi connectivity index (χ1) is 7.91. The summed E-state index contributed by atoms with van der Waals surface area (Å²) in [5, 5.41) is 10.3. The summed E-state index contributed by atoms with van der Waals surface area (Å²) in [6, 6.07) is 0. The zero-order valence-corrected chi connectivity index (χ0v) is 11.4. The number of carbonyl (C=O) groups excluding carboxylic acids is 1. The van der Waals surface area contributed by atoms with Crippen molar-refractivity contribution in [3.63, 3.8) is 0 Å². The van der Waals surface area contributed by atoms with Crippen molar-refractivity contribution >= 4 is 5.97 Å². The molecule has 17 heavy (non-hydrogen) atoms. The summed E-state index contributed by atoms with van der Waals surface area (Å²) >= 11 is 0. The second-order valence-corrected chi connectivity index (χ2v) is 4.72. The van der Waals surface area contributed by atoms with E-state index in [1.165, 1.54) is 17.2 Å². The van der Waals surface area contributed by atoms with Crippen molar-refractivity contribution in [3.8, 4) is 0 Å². The Morgan fingerprint density at radius 1 is 0.941 bits per heavy atom. The third-order valence-corrected chi connectivity index (χ3v) is 2.49. The lowest BCUT2D eigenvalue weighted by Crippen LogP contribution is -2.19. The van der Waals surface area contributed by atoms with Gasteiger partial charge in [-0.25, -0.2) is 0 Å². The van der Waals surface area contributed by atoms with E-state index in [2.05, 4.69) is 32.9 Å². The van der Waals surface area contributed by atoms with Gasteiger partial charge in [-0.2, -0.15) is 0 Å². The SMILES string of the molecule is CC(C)=CCC/C(C)=C/CC/C(C)=C\C(=O)[O-]. The second-order valence-electron chi connectivity index (χ2n) is 4.72. The van der Waals surface area contributed by atoms with Crippen molar-refractivity contribution < 1.29 is 9.90 Å². The summed E-state index contributed by atoms with van der Waals surface area (Å²) in [5.41, 5.74) is 3.58. The molecule has 0 saturated carbocycles. The summed E-state index contributed by atoms with van der Waals surface area (Å²) in [6.07, 6.45) is 9.44. The molecule has 0 aromatic carbocycles. The van der Waals surface area contributed by atoms with Gasteiger partial charge >= 0.3 is 0 Å². The molecular formula is C15H23O2-. The number of carboxylic acid groups (broad SMARTS) is 1. The first-order valence-electron chi connectivity index (χ1n) is 6.09. The highest BCUT2D eigenvalue weighted by Gasteiger charge is 1.91. The van der Waals surface area contributed by atoms with Crippen LogP contribution in [0.5, 0.6) is 0 Å². The number of hydrogen-bond acceptors (Lipinski definition) is 2. The van der Waals surface area contributed by atoms with Crippen molar-refractivity contribution in [1.82, 2.24) is 0 Å². The minimum absolute atomic E-state index is 0.786. The maximum atomic E-state index is 10.3. The van der Waals surface area contributed by atoms with Crippen LogP contribution in [0.2, 0.25) is 0 Å². The molecule has 2 nitrogen and oxygen atoms in total. The lowest BCUT2D eigenvalue weighted by Gasteiger charge is -2.01. The van der Waals surface area contributed by atoms with Crippen LogP contribution in [0.3, 0.4) is 0 Å². The quantitative estimate of drug-likeness (QED) is 0.502. The Labute approximate surface area is 105 Å². The zero-order valence-electron chi connectivity index (χ0n) is 11.4. The van der Waals surface area contributed by atoms with Gasteiger partial charge in [-0.15, -0.1) is 0 Å². The van der Waals surface area contributed by atoms with Crippen LogP contribution in [0, 0.1) is 0 Å². The minimum atomic E-state index is -1.10. The van der Waals surface area contributed by atoms with Crippen molar-refractivity contribution in [2.24, 2.45) is 0 Å². The highest BCUT2D eigenvalue weighted by atomic mass is 16.4. The van der Waals surface area contributed by atoms with Crippen LogP contribution in [-0.2, 0) is 4.79 Å². The first kappa shape index (κ1) is 15.7. The van der Waals surface area contributed by atoms with Gasteiger partial charge in [-0.3, -0.25) is 0 Å². The van der Waals surface area contributed by atoms with Gasteiger partial charge in [0.05, 0.1) is 5.97 Å². The van der Waals surface area contributed by atoms with Gasteiger partial charge < -0.3 is 9.90 Å². The smallest absolute Gasteiger partial charge is 0.0642 e. The molecule has 0 bridgehead atoms. The molecule has 0 spiro atoms. The molecule has 2 heteroatoms. The minimum Gasteiger partial charge on any atom is -0.545 e. The van der Waals surface area contributed by atoms with Crippen LogP contribution in [-0.4, -0.2) is 5.97 Å². The Morgan fingerprint density at radius 3 is 2.00 bits per heavy atom. The van der Waals surface area contributed by atoms with Gasteiger partial charge in [0.1, 0.15) is 0 Å². The van der Waals surface area contributed by atoms with E-state index < -0.39 is 5.97 Å². The highest BCUT2D eigenvalue weighted by molar-refractivity contribution is 5.78. The molecule has 0 aromatic heterocycles. The Balaban J connectivity index is 3.92.